The van der Waals surface area contributed by atoms with E-state index in [1.54, 1.807) is 31.6 Å². The first-order valence-electron chi connectivity index (χ1n) is 6.33. The summed E-state index contributed by atoms with van der Waals surface area (Å²) in [6, 6.07) is 7.32. The van der Waals surface area contributed by atoms with Crippen LogP contribution in [0.5, 0.6) is 5.75 Å². The number of nitrogens with one attached hydrogen (secondary N) is 1. The monoisotopic (exact) mass is 310 g/mol. The van der Waals surface area contributed by atoms with Gasteiger partial charge in [-0.1, -0.05) is 30.1 Å². The van der Waals surface area contributed by atoms with E-state index in [0.29, 0.717) is 15.8 Å². The topological polar surface area (TPSA) is 34.2 Å². The maximum atomic E-state index is 6.30. The van der Waals surface area contributed by atoms with Gasteiger partial charge < -0.3 is 10.1 Å². The van der Waals surface area contributed by atoms with Crippen molar-refractivity contribution in [1.82, 2.24) is 10.3 Å². The van der Waals surface area contributed by atoms with Crippen LogP contribution < -0.4 is 10.1 Å². The second-order valence-electron chi connectivity index (χ2n) is 4.31. The highest BCUT2D eigenvalue weighted by Gasteiger charge is 2.17. The summed E-state index contributed by atoms with van der Waals surface area (Å²) >= 11 is 12.4. The summed E-state index contributed by atoms with van der Waals surface area (Å²) in [5.41, 5.74) is 1.91. The van der Waals surface area contributed by atoms with E-state index in [0.717, 1.165) is 17.7 Å². The van der Waals surface area contributed by atoms with E-state index in [4.69, 9.17) is 27.9 Å². The molecular weight excluding hydrogens is 295 g/mol. The quantitative estimate of drug-likeness (QED) is 0.903. The maximum absolute atomic E-state index is 6.30. The van der Waals surface area contributed by atoms with E-state index in [-0.39, 0.29) is 6.04 Å². The van der Waals surface area contributed by atoms with E-state index < -0.39 is 0 Å². The second-order valence-corrected chi connectivity index (χ2v) is 5.16. The third kappa shape index (κ3) is 3.42. The van der Waals surface area contributed by atoms with Crippen LogP contribution in [0.2, 0.25) is 10.0 Å². The third-order valence-electron chi connectivity index (χ3n) is 2.98. The van der Waals surface area contributed by atoms with Crippen molar-refractivity contribution in [3.63, 3.8) is 0 Å². The lowest BCUT2D eigenvalue weighted by Gasteiger charge is -2.20. The molecule has 0 aliphatic carbocycles. The number of methoxy groups -OCH3 is 1. The molecule has 0 aliphatic heterocycles. The highest BCUT2D eigenvalue weighted by atomic mass is 35.5. The van der Waals surface area contributed by atoms with Gasteiger partial charge in [0.2, 0.25) is 0 Å². The number of hydrogen-bond donors (Lipinski definition) is 1. The lowest BCUT2D eigenvalue weighted by molar-refractivity contribution is 0.411. The highest BCUT2D eigenvalue weighted by molar-refractivity contribution is 6.33. The van der Waals surface area contributed by atoms with Crippen molar-refractivity contribution in [3.05, 3.63) is 57.8 Å². The predicted octanol–water partition coefficient (Wildman–Crippen LogP) is 4.10. The van der Waals surface area contributed by atoms with Crippen molar-refractivity contribution in [3.8, 4) is 5.75 Å². The smallest absolute Gasteiger partial charge is 0.137 e. The standard InChI is InChI=1S/C15H16Cl2N2O/c1-3-19-15(10-6-12(20-2)9-18-8-10)13-7-11(16)4-5-14(13)17/h4-9,15,19H,3H2,1-2H3. The largest absolute Gasteiger partial charge is 0.495 e. The zero-order valence-electron chi connectivity index (χ0n) is 11.4. The van der Waals surface area contributed by atoms with Crippen LogP contribution in [0.15, 0.2) is 36.7 Å². The van der Waals surface area contributed by atoms with Crippen LogP contribution in [0.1, 0.15) is 24.1 Å². The van der Waals surface area contributed by atoms with Crippen molar-refractivity contribution in [2.45, 2.75) is 13.0 Å². The molecule has 106 valence electrons. The Kier molecular flexibility index (Phi) is 5.24. The van der Waals surface area contributed by atoms with Crippen LogP contribution in [-0.2, 0) is 0 Å². The minimum absolute atomic E-state index is 0.0752. The SMILES string of the molecule is CCNC(c1cncc(OC)c1)c1cc(Cl)ccc1Cl. The Morgan fingerprint density at radius 2 is 2.05 bits per heavy atom. The zero-order chi connectivity index (χ0) is 14.5. The molecule has 1 unspecified atom stereocenters. The highest BCUT2D eigenvalue weighted by Crippen LogP contribution is 2.31. The van der Waals surface area contributed by atoms with Gasteiger partial charge in [0.1, 0.15) is 5.75 Å². The van der Waals surface area contributed by atoms with E-state index in [1.807, 2.05) is 19.1 Å². The number of rotatable bonds is 5. The summed E-state index contributed by atoms with van der Waals surface area (Å²) in [6.45, 7) is 2.84. The number of hydrogen-bond acceptors (Lipinski definition) is 3. The summed E-state index contributed by atoms with van der Waals surface area (Å²) in [5.74, 6) is 0.712. The van der Waals surface area contributed by atoms with Crippen LogP contribution in [-0.4, -0.2) is 18.6 Å². The van der Waals surface area contributed by atoms with E-state index in [1.165, 1.54) is 0 Å². The fourth-order valence-electron chi connectivity index (χ4n) is 2.05. The fraction of sp³-hybridized carbons (Fsp3) is 0.267. The predicted molar refractivity (Wildman–Crippen MR) is 82.8 cm³/mol. The molecule has 0 radical (unpaired) electrons. The van der Waals surface area contributed by atoms with E-state index >= 15 is 0 Å². The van der Waals surface area contributed by atoms with Gasteiger partial charge in [-0.25, -0.2) is 0 Å². The molecule has 1 N–H and O–H groups in total. The van der Waals surface area contributed by atoms with Crippen LogP contribution in [0, 0.1) is 0 Å². The second kappa shape index (κ2) is 6.93. The number of nitrogens with zero attached hydrogens (tertiary/aromatic N) is 1. The molecule has 1 aromatic heterocycles. The Hall–Kier alpha value is -1.29. The minimum Gasteiger partial charge on any atom is -0.495 e. The number of pyridine rings is 1. The lowest BCUT2D eigenvalue weighted by Crippen LogP contribution is -2.22. The van der Waals surface area contributed by atoms with Gasteiger partial charge in [-0.2, -0.15) is 0 Å². The van der Waals surface area contributed by atoms with Gasteiger partial charge in [0, 0.05) is 16.2 Å². The number of aromatic nitrogens is 1. The Morgan fingerprint density at radius 1 is 1.25 bits per heavy atom. The number of halogens is 2. The zero-order valence-corrected chi connectivity index (χ0v) is 12.9. The first-order valence-corrected chi connectivity index (χ1v) is 7.08. The first kappa shape index (κ1) is 15.1. The molecule has 0 bridgehead atoms. The summed E-state index contributed by atoms with van der Waals surface area (Å²) in [6.07, 6.45) is 3.47. The first-order chi connectivity index (χ1) is 9.65. The molecule has 0 spiro atoms. The molecule has 20 heavy (non-hydrogen) atoms. The molecule has 0 aliphatic rings. The van der Waals surface area contributed by atoms with Crippen molar-refractivity contribution in [2.24, 2.45) is 0 Å². The lowest BCUT2D eigenvalue weighted by atomic mass is 10.00. The third-order valence-corrected chi connectivity index (χ3v) is 3.56. The summed E-state index contributed by atoms with van der Waals surface area (Å²) in [7, 11) is 1.62. The molecule has 1 heterocycles. The Labute approximate surface area is 128 Å². The van der Waals surface area contributed by atoms with Crippen molar-refractivity contribution in [2.75, 3.05) is 13.7 Å². The van der Waals surface area contributed by atoms with Crippen LogP contribution >= 0.6 is 23.2 Å². The Morgan fingerprint density at radius 3 is 2.75 bits per heavy atom. The van der Waals surface area contributed by atoms with Crippen LogP contribution in [0.4, 0.5) is 0 Å². The molecule has 2 aromatic rings. The molecule has 5 heteroatoms. The van der Waals surface area contributed by atoms with Gasteiger partial charge in [-0.05, 0) is 41.9 Å². The summed E-state index contributed by atoms with van der Waals surface area (Å²) in [5, 5.41) is 4.72. The molecule has 0 fully saturated rings. The normalized spacial score (nSPS) is 12.2. The van der Waals surface area contributed by atoms with Gasteiger partial charge in [-0.15, -0.1) is 0 Å². The number of benzene rings is 1. The summed E-state index contributed by atoms with van der Waals surface area (Å²) in [4.78, 5) is 4.20. The Bertz CT molecular complexity index is 590. The van der Waals surface area contributed by atoms with Gasteiger partial charge in [0.25, 0.3) is 0 Å². The average molecular weight is 311 g/mol. The molecule has 2 rings (SSSR count). The average Bonchev–Trinajstić information content (AvgIpc) is 2.47. The maximum Gasteiger partial charge on any atom is 0.137 e. The van der Waals surface area contributed by atoms with Gasteiger partial charge in [0.05, 0.1) is 19.3 Å². The van der Waals surface area contributed by atoms with Crippen LogP contribution in [0.25, 0.3) is 0 Å². The van der Waals surface area contributed by atoms with Crippen LogP contribution in [0.3, 0.4) is 0 Å². The molecule has 1 aromatic carbocycles. The molecule has 3 nitrogen and oxygen atoms in total. The minimum atomic E-state index is -0.0752. The van der Waals surface area contributed by atoms with Crippen molar-refractivity contribution in [1.29, 1.82) is 0 Å². The van der Waals surface area contributed by atoms with E-state index in [9.17, 15) is 0 Å². The van der Waals surface area contributed by atoms with E-state index in [2.05, 4.69) is 10.3 Å². The van der Waals surface area contributed by atoms with Gasteiger partial charge >= 0.3 is 0 Å². The molecule has 0 saturated heterocycles. The van der Waals surface area contributed by atoms with Gasteiger partial charge in [0.15, 0.2) is 0 Å². The molecule has 0 amide bonds. The van der Waals surface area contributed by atoms with Gasteiger partial charge in [-0.3, -0.25) is 4.98 Å². The van der Waals surface area contributed by atoms with Crippen molar-refractivity contribution < 1.29 is 4.74 Å². The van der Waals surface area contributed by atoms with Crippen molar-refractivity contribution >= 4 is 23.2 Å². The number of ether oxygens (including phenoxy) is 1. The molecule has 0 saturated carbocycles. The molecular formula is C15H16Cl2N2O. The fourth-order valence-corrected chi connectivity index (χ4v) is 2.46. The molecule has 1 atom stereocenters. The summed E-state index contributed by atoms with van der Waals surface area (Å²) < 4.78 is 5.22. The Balaban J connectivity index is 2.46.